The molecule has 1 amide bonds. The zero-order valence-corrected chi connectivity index (χ0v) is 21.3. The summed E-state index contributed by atoms with van der Waals surface area (Å²) in [6, 6.07) is 19.3. The second-order valence-electron chi connectivity index (χ2n) is 8.95. The van der Waals surface area contributed by atoms with Gasteiger partial charge in [-0.15, -0.1) is 0 Å². The minimum atomic E-state index is -3.78. The van der Waals surface area contributed by atoms with Gasteiger partial charge in [0.1, 0.15) is 0 Å². The van der Waals surface area contributed by atoms with E-state index in [1.165, 1.54) is 43.0 Å². The highest BCUT2D eigenvalue weighted by Gasteiger charge is 2.17. The van der Waals surface area contributed by atoms with Crippen LogP contribution in [0.5, 0.6) is 0 Å². The van der Waals surface area contributed by atoms with E-state index < -0.39 is 10.0 Å². The van der Waals surface area contributed by atoms with Gasteiger partial charge in [0.05, 0.1) is 15.5 Å². The molecule has 8 heteroatoms. The molecular weight excluding hydrogens is 482 g/mol. The van der Waals surface area contributed by atoms with Crippen molar-refractivity contribution in [3.63, 3.8) is 0 Å². The monoisotopic (exact) mass is 511 g/mol. The molecule has 3 aromatic carbocycles. The number of hydrogen-bond acceptors (Lipinski definition) is 4. The fourth-order valence-corrected chi connectivity index (χ4v) is 5.36. The van der Waals surface area contributed by atoms with E-state index >= 15 is 0 Å². The largest absolute Gasteiger partial charge is 0.348 e. The third-order valence-corrected chi connectivity index (χ3v) is 7.85. The Balaban J connectivity index is 1.37. The van der Waals surface area contributed by atoms with Crippen molar-refractivity contribution in [2.24, 2.45) is 0 Å². The van der Waals surface area contributed by atoms with Crippen molar-refractivity contribution >= 4 is 33.2 Å². The molecule has 0 spiro atoms. The number of carbonyl (C=O) groups is 1. The number of sulfonamides is 1. The lowest BCUT2D eigenvalue weighted by atomic mass is 10.1. The summed E-state index contributed by atoms with van der Waals surface area (Å²) in [5.41, 5.74) is 3.68. The lowest BCUT2D eigenvalue weighted by molar-refractivity contribution is 0.0951. The summed E-state index contributed by atoms with van der Waals surface area (Å²) in [5, 5.41) is 3.12. The van der Waals surface area contributed by atoms with Gasteiger partial charge in [-0.2, -0.15) is 0 Å². The molecule has 2 N–H and O–H groups in total. The molecule has 0 saturated carbocycles. The summed E-state index contributed by atoms with van der Waals surface area (Å²) in [6.45, 7) is 5.49. The molecule has 1 fully saturated rings. The van der Waals surface area contributed by atoms with Crippen LogP contribution in [0.2, 0.25) is 5.02 Å². The Morgan fingerprint density at radius 1 is 0.914 bits per heavy atom. The number of likely N-dealkylation sites (tertiary alicyclic amines) is 1. The highest BCUT2D eigenvalue weighted by atomic mass is 35.5. The number of carbonyl (C=O) groups excluding carboxylic acids is 1. The molecule has 0 radical (unpaired) electrons. The molecule has 35 heavy (non-hydrogen) atoms. The van der Waals surface area contributed by atoms with E-state index in [1.54, 1.807) is 24.3 Å². The van der Waals surface area contributed by atoms with Crippen molar-refractivity contribution in [1.82, 2.24) is 10.2 Å². The molecule has 0 atom stereocenters. The van der Waals surface area contributed by atoms with E-state index in [2.05, 4.69) is 27.1 Å². The maximum atomic E-state index is 12.8. The number of anilines is 1. The summed E-state index contributed by atoms with van der Waals surface area (Å²) in [5.74, 6) is -0.372. The van der Waals surface area contributed by atoms with Crippen LogP contribution in [0, 0.1) is 6.92 Å². The molecule has 3 aromatic rings. The van der Waals surface area contributed by atoms with Crippen molar-refractivity contribution in [2.75, 3.05) is 17.8 Å². The van der Waals surface area contributed by atoms with Crippen LogP contribution in [0.4, 0.5) is 5.69 Å². The Bertz CT molecular complexity index is 1270. The minimum Gasteiger partial charge on any atom is -0.348 e. The number of aryl methyl sites for hydroxylation is 1. The van der Waals surface area contributed by atoms with Gasteiger partial charge in [-0.3, -0.25) is 14.4 Å². The first-order valence-electron chi connectivity index (χ1n) is 11.8. The van der Waals surface area contributed by atoms with Crippen molar-refractivity contribution in [2.45, 2.75) is 44.2 Å². The van der Waals surface area contributed by atoms with Gasteiger partial charge in [0.15, 0.2) is 0 Å². The first-order valence-corrected chi connectivity index (χ1v) is 13.6. The van der Waals surface area contributed by atoms with Crippen LogP contribution in [0.25, 0.3) is 0 Å². The Hall–Kier alpha value is -2.87. The van der Waals surface area contributed by atoms with E-state index in [1.807, 2.05) is 19.1 Å². The van der Waals surface area contributed by atoms with Gasteiger partial charge in [-0.25, -0.2) is 8.42 Å². The van der Waals surface area contributed by atoms with Crippen molar-refractivity contribution < 1.29 is 13.2 Å². The van der Waals surface area contributed by atoms with Gasteiger partial charge in [0, 0.05) is 18.8 Å². The van der Waals surface area contributed by atoms with Crippen LogP contribution in [-0.2, 0) is 23.1 Å². The Morgan fingerprint density at radius 3 is 2.26 bits per heavy atom. The summed E-state index contributed by atoms with van der Waals surface area (Å²) in [6.07, 6.45) is 3.85. The number of halogens is 1. The zero-order valence-electron chi connectivity index (χ0n) is 19.8. The molecule has 0 aromatic heterocycles. The Morgan fingerprint density at radius 2 is 1.57 bits per heavy atom. The molecule has 1 saturated heterocycles. The smallest absolute Gasteiger partial charge is 0.261 e. The first-order chi connectivity index (χ1) is 16.8. The third kappa shape index (κ3) is 6.84. The second kappa shape index (κ2) is 11.2. The molecule has 1 aliphatic heterocycles. The SMILES string of the molecule is Cc1ccc(S(=O)(=O)Nc2ccc(Cl)c(C(=O)NCc3ccc(CN4CCCCC4)cc3)c2)cc1. The molecule has 4 rings (SSSR count). The number of piperidine rings is 1. The summed E-state index contributed by atoms with van der Waals surface area (Å²) in [4.78, 5) is 15.4. The van der Waals surface area contributed by atoms with Gasteiger partial charge in [0.25, 0.3) is 15.9 Å². The lowest BCUT2D eigenvalue weighted by Crippen LogP contribution is -2.29. The third-order valence-electron chi connectivity index (χ3n) is 6.13. The number of rotatable bonds is 8. The molecule has 0 bridgehead atoms. The highest BCUT2D eigenvalue weighted by Crippen LogP contribution is 2.23. The molecule has 0 unspecified atom stereocenters. The normalized spacial score (nSPS) is 14.5. The molecular formula is C27H30ClN3O3S. The number of amides is 1. The number of hydrogen-bond donors (Lipinski definition) is 2. The summed E-state index contributed by atoms with van der Waals surface area (Å²) in [7, 11) is -3.78. The maximum Gasteiger partial charge on any atom is 0.261 e. The predicted molar refractivity (Wildman–Crippen MR) is 140 cm³/mol. The zero-order chi connectivity index (χ0) is 24.8. The van der Waals surface area contributed by atoms with Crippen LogP contribution >= 0.6 is 11.6 Å². The van der Waals surface area contributed by atoms with E-state index in [4.69, 9.17) is 11.6 Å². The van der Waals surface area contributed by atoms with Crippen molar-refractivity contribution in [1.29, 1.82) is 0 Å². The van der Waals surface area contributed by atoms with E-state index in [0.717, 1.165) is 30.8 Å². The van der Waals surface area contributed by atoms with Gasteiger partial charge in [-0.1, -0.05) is 60.0 Å². The van der Waals surface area contributed by atoms with E-state index in [0.29, 0.717) is 6.54 Å². The standard InChI is InChI=1S/C27H30ClN3O3S/c1-20-5-12-24(13-6-20)35(33,34)30-23-11-14-26(28)25(17-23)27(32)29-18-21-7-9-22(10-8-21)19-31-15-3-2-4-16-31/h5-14,17,30H,2-4,15-16,18-19H2,1H3,(H,29,32). The highest BCUT2D eigenvalue weighted by molar-refractivity contribution is 7.92. The number of nitrogens with one attached hydrogen (secondary N) is 2. The predicted octanol–water partition coefficient (Wildman–Crippen LogP) is 5.37. The molecule has 184 valence electrons. The Labute approximate surface area is 212 Å². The molecule has 0 aliphatic carbocycles. The number of nitrogens with zero attached hydrogens (tertiary/aromatic N) is 1. The first kappa shape index (κ1) is 25.2. The van der Waals surface area contributed by atoms with Gasteiger partial charge >= 0.3 is 0 Å². The topological polar surface area (TPSA) is 78.5 Å². The summed E-state index contributed by atoms with van der Waals surface area (Å²) >= 11 is 6.25. The Kier molecular flexibility index (Phi) is 8.11. The van der Waals surface area contributed by atoms with Gasteiger partial charge in [0.2, 0.25) is 0 Å². The van der Waals surface area contributed by atoms with Crippen LogP contribution in [-0.4, -0.2) is 32.3 Å². The lowest BCUT2D eigenvalue weighted by Gasteiger charge is -2.26. The van der Waals surface area contributed by atoms with Crippen molar-refractivity contribution in [3.05, 3.63) is 94.0 Å². The minimum absolute atomic E-state index is 0.146. The molecule has 6 nitrogen and oxygen atoms in total. The quantitative estimate of drug-likeness (QED) is 0.426. The van der Waals surface area contributed by atoms with Crippen LogP contribution in [0.15, 0.2) is 71.6 Å². The number of benzene rings is 3. The van der Waals surface area contributed by atoms with Crippen LogP contribution < -0.4 is 10.0 Å². The van der Waals surface area contributed by atoms with E-state index in [-0.39, 0.29) is 27.1 Å². The van der Waals surface area contributed by atoms with Crippen LogP contribution in [0.3, 0.4) is 0 Å². The fourth-order valence-electron chi connectivity index (χ4n) is 4.11. The average molecular weight is 512 g/mol. The van der Waals surface area contributed by atoms with Gasteiger partial charge < -0.3 is 5.32 Å². The van der Waals surface area contributed by atoms with E-state index in [9.17, 15) is 13.2 Å². The van der Waals surface area contributed by atoms with Crippen LogP contribution in [0.1, 0.15) is 46.3 Å². The molecule has 1 aliphatic rings. The molecule has 1 heterocycles. The summed E-state index contributed by atoms with van der Waals surface area (Å²) < 4.78 is 27.9. The van der Waals surface area contributed by atoms with Crippen molar-refractivity contribution in [3.8, 4) is 0 Å². The maximum absolute atomic E-state index is 12.8. The average Bonchev–Trinajstić information content (AvgIpc) is 2.85. The fraction of sp³-hybridized carbons (Fsp3) is 0.296. The van der Waals surface area contributed by atoms with Gasteiger partial charge in [-0.05, 0) is 74.3 Å². The second-order valence-corrected chi connectivity index (χ2v) is 11.0.